The first-order valence-electron chi connectivity index (χ1n) is 12.3. The van der Waals surface area contributed by atoms with Gasteiger partial charge in [-0.2, -0.15) is 0 Å². The molecule has 1 fully saturated rings. The van der Waals surface area contributed by atoms with Crippen molar-refractivity contribution in [3.63, 3.8) is 0 Å². The molecule has 1 aromatic carbocycles. The van der Waals surface area contributed by atoms with E-state index in [1.165, 1.54) is 0 Å². The Kier molecular flexibility index (Phi) is 6.74. The zero-order chi connectivity index (χ0) is 25.5. The maximum absolute atomic E-state index is 13.4. The summed E-state index contributed by atoms with van der Waals surface area (Å²) in [5, 5.41) is 3.25. The van der Waals surface area contributed by atoms with E-state index in [4.69, 9.17) is 19.9 Å². The molecule has 9 nitrogen and oxygen atoms in total. The number of hydrogen-bond donors (Lipinski definition) is 2. The molecular weight excluding hydrogens is 448 g/mol. The quantitative estimate of drug-likeness (QED) is 0.584. The topological polar surface area (TPSA) is 115 Å². The molecule has 2 amide bonds. The number of fused-ring (bicyclic) bond motifs is 1. The van der Waals surface area contributed by atoms with E-state index < -0.39 is 11.1 Å². The van der Waals surface area contributed by atoms with Gasteiger partial charge >= 0.3 is 0 Å². The number of aliphatic imine (C=N–C) groups is 1. The van der Waals surface area contributed by atoms with Crippen molar-refractivity contribution in [1.82, 2.24) is 10.2 Å². The Morgan fingerprint density at radius 2 is 2.06 bits per heavy atom. The SMILES string of the molecule is COCCC(C1CC1C(=O)NC1CC(C)(C)Oc2cc(OC)ccc21)N1C(=O)CC(C)(C)N=C1N. The number of benzene rings is 1. The number of carbonyl (C=O) groups excluding carboxylic acids is 2. The van der Waals surface area contributed by atoms with Crippen LogP contribution in [-0.4, -0.2) is 60.7 Å². The molecular formula is C26H38N4O5. The van der Waals surface area contributed by atoms with Crippen molar-refractivity contribution in [3.8, 4) is 11.5 Å². The van der Waals surface area contributed by atoms with E-state index in [2.05, 4.69) is 10.3 Å². The van der Waals surface area contributed by atoms with Crippen molar-refractivity contribution in [2.24, 2.45) is 22.6 Å². The van der Waals surface area contributed by atoms with E-state index in [1.54, 1.807) is 19.1 Å². The van der Waals surface area contributed by atoms with Crippen LogP contribution in [0.4, 0.5) is 0 Å². The van der Waals surface area contributed by atoms with Crippen molar-refractivity contribution in [1.29, 1.82) is 0 Å². The molecule has 4 atom stereocenters. The summed E-state index contributed by atoms with van der Waals surface area (Å²) in [6.45, 7) is 8.30. The van der Waals surface area contributed by atoms with E-state index in [0.29, 0.717) is 31.6 Å². The minimum Gasteiger partial charge on any atom is -0.497 e. The van der Waals surface area contributed by atoms with E-state index in [1.807, 2.05) is 45.9 Å². The largest absolute Gasteiger partial charge is 0.497 e. The first kappa shape index (κ1) is 25.3. The van der Waals surface area contributed by atoms with Crippen LogP contribution in [-0.2, 0) is 14.3 Å². The van der Waals surface area contributed by atoms with Crippen LogP contribution < -0.4 is 20.5 Å². The molecule has 192 valence electrons. The first-order valence-corrected chi connectivity index (χ1v) is 12.3. The highest BCUT2D eigenvalue weighted by molar-refractivity contribution is 5.99. The summed E-state index contributed by atoms with van der Waals surface area (Å²) < 4.78 is 16.8. The fourth-order valence-electron chi connectivity index (χ4n) is 5.42. The summed E-state index contributed by atoms with van der Waals surface area (Å²) in [6, 6.07) is 5.30. The van der Waals surface area contributed by atoms with Gasteiger partial charge in [-0.3, -0.25) is 14.5 Å². The lowest BCUT2D eigenvalue weighted by Gasteiger charge is -2.38. The van der Waals surface area contributed by atoms with Crippen molar-refractivity contribution in [2.45, 2.75) is 76.6 Å². The third kappa shape index (κ3) is 5.39. The van der Waals surface area contributed by atoms with Crippen molar-refractivity contribution in [3.05, 3.63) is 23.8 Å². The minimum atomic E-state index is -0.518. The molecule has 4 rings (SSSR count). The van der Waals surface area contributed by atoms with Gasteiger partial charge in [0.05, 0.1) is 25.1 Å². The van der Waals surface area contributed by atoms with E-state index in [-0.39, 0.29) is 48.1 Å². The predicted octanol–water partition coefficient (Wildman–Crippen LogP) is 2.78. The van der Waals surface area contributed by atoms with Crippen molar-refractivity contribution < 1.29 is 23.8 Å². The number of nitrogens with one attached hydrogen (secondary N) is 1. The Morgan fingerprint density at radius 3 is 2.71 bits per heavy atom. The van der Waals surface area contributed by atoms with Crippen molar-refractivity contribution in [2.75, 3.05) is 20.8 Å². The molecule has 9 heteroatoms. The zero-order valence-corrected chi connectivity index (χ0v) is 21.6. The van der Waals surface area contributed by atoms with Crippen LogP contribution in [0.2, 0.25) is 0 Å². The Labute approximate surface area is 207 Å². The lowest BCUT2D eigenvalue weighted by Crippen LogP contribution is -2.55. The Hall–Kier alpha value is -2.81. The van der Waals surface area contributed by atoms with E-state index in [0.717, 1.165) is 11.3 Å². The molecule has 2 heterocycles. The van der Waals surface area contributed by atoms with E-state index in [9.17, 15) is 9.59 Å². The van der Waals surface area contributed by atoms with Crippen LogP contribution in [0.25, 0.3) is 0 Å². The van der Waals surface area contributed by atoms with Crippen LogP contribution in [0.1, 0.15) is 65.0 Å². The van der Waals surface area contributed by atoms with Gasteiger partial charge in [0.1, 0.15) is 17.1 Å². The van der Waals surface area contributed by atoms with E-state index >= 15 is 0 Å². The highest BCUT2D eigenvalue weighted by Gasteiger charge is 2.52. The van der Waals surface area contributed by atoms with Gasteiger partial charge in [-0.25, -0.2) is 4.99 Å². The fraction of sp³-hybridized carbons (Fsp3) is 0.654. The number of carbonyl (C=O) groups is 2. The average molecular weight is 487 g/mol. The molecule has 1 aliphatic carbocycles. The third-order valence-electron chi connectivity index (χ3n) is 7.13. The van der Waals surface area contributed by atoms with Gasteiger partial charge in [0, 0.05) is 43.7 Å². The first-order chi connectivity index (χ1) is 16.4. The molecule has 0 radical (unpaired) electrons. The summed E-state index contributed by atoms with van der Waals surface area (Å²) in [6.07, 6.45) is 2.24. The number of nitrogens with two attached hydrogens (primary N) is 1. The highest BCUT2D eigenvalue weighted by Crippen LogP contribution is 2.47. The molecule has 0 bridgehead atoms. The number of ether oxygens (including phenoxy) is 3. The van der Waals surface area contributed by atoms with Gasteiger partial charge in [0.15, 0.2) is 5.96 Å². The van der Waals surface area contributed by atoms with Crippen LogP contribution in [0.3, 0.4) is 0 Å². The number of methoxy groups -OCH3 is 2. The lowest BCUT2D eigenvalue weighted by molar-refractivity contribution is -0.132. The molecule has 3 N–H and O–H groups in total. The number of amides is 2. The van der Waals surface area contributed by atoms with Crippen LogP contribution in [0.15, 0.2) is 23.2 Å². The molecule has 1 saturated carbocycles. The van der Waals surface area contributed by atoms with Gasteiger partial charge < -0.3 is 25.3 Å². The predicted molar refractivity (Wildman–Crippen MR) is 132 cm³/mol. The van der Waals surface area contributed by atoms with Gasteiger partial charge in [-0.1, -0.05) is 0 Å². The second-order valence-corrected chi connectivity index (χ2v) is 11.1. The molecule has 35 heavy (non-hydrogen) atoms. The molecule has 4 unspecified atom stereocenters. The molecule has 0 saturated heterocycles. The minimum absolute atomic E-state index is 0.00671. The fourth-order valence-corrected chi connectivity index (χ4v) is 5.42. The zero-order valence-electron chi connectivity index (χ0n) is 21.6. The summed E-state index contributed by atoms with van der Waals surface area (Å²) in [7, 11) is 3.25. The maximum atomic E-state index is 13.4. The Morgan fingerprint density at radius 1 is 1.31 bits per heavy atom. The summed E-state index contributed by atoms with van der Waals surface area (Å²) in [4.78, 5) is 32.5. The number of guanidine groups is 1. The smallest absolute Gasteiger partial charge is 0.231 e. The molecule has 0 spiro atoms. The second-order valence-electron chi connectivity index (χ2n) is 11.1. The lowest BCUT2D eigenvalue weighted by atomic mass is 9.89. The molecule has 0 aromatic heterocycles. The van der Waals surface area contributed by atoms with Crippen LogP contribution in [0, 0.1) is 11.8 Å². The number of rotatable bonds is 8. The second kappa shape index (κ2) is 9.33. The van der Waals surface area contributed by atoms with Crippen molar-refractivity contribution >= 4 is 17.8 Å². The standard InChI is InChI=1S/C26H38N4O5/c1-25(2)14-22(31)30(24(27)29-25)20(9-10-33-5)17-12-18(17)23(32)28-19-13-26(3,4)35-21-11-15(34-6)7-8-16(19)21/h7-8,11,17-20H,9-10,12-14H2,1-6H3,(H2,27,29)(H,28,32). The number of nitrogens with zero attached hydrogens (tertiary/aromatic N) is 2. The Balaban J connectivity index is 1.50. The number of hydrogen-bond acceptors (Lipinski definition) is 7. The van der Waals surface area contributed by atoms with Gasteiger partial charge in [0.2, 0.25) is 11.8 Å². The Bertz CT molecular complexity index is 1020. The van der Waals surface area contributed by atoms with Crippen LogP contribution in [0.5, 0.6) is 11.5 Å². The average Bonchev–Trinajstić information content (AvgIpc) is 3.54. The monoisotopic (exact) mass is 486 g/mol. The van der Waals surface area contributed by atoms with Crippen LogP contribution >= 0.6 is 0 Å². The normalized spacial score (nSPS) is 27.3. The molecule has 1 aromatic rings. The maximum Gasteiger partial charge on any atom is 0.231 e. The highest BCUT2D eigenvalue weighted by atomic mass is 16.5. The molecule has 2 aliphatic heterocycles. The molecule has 3 aliphatic rings. The summed E-state index contributed by atoms with van der Waals surface area (Å²) in [5.74, 6) is 1.41. The summed E-state index contributed by atoms with van der Waals surface area (Å²) in [5.41, 5.74) is 6.24. The summed E-state index contributed by atoms with van der Waals surface area (Å²) >= 11 is 0. The van der Waals surface area contributed by atoms with Gasteiger partial charge in [0.25, 0.3) is 0 Å². The van der Waals surface area contributed by atoms with Gasteiger partial charge in [-0.15, -0.1) is 0 Å². The van der Waals surface area contributed by atoms with Gasteiger partial charge in [-0.05, 0) is 58.6 Å². The third-order valence-corrected chi connectivity index (χ3v) is 7.13.